The number of likely N-dealkylation sites (tertiary alicyclic amines) is 1. The summed E-state index contributed by atoms with van der Waals surface area (Å²) >= 11 is 0. The first-order valence-electron chi connectivity index (χ1n) is 8.88. The number of hydrogen-bond donors (Lipinski definition) is 2. The molecule has 1 fully saturated rings. The van der Waals surface area contributed by atoms with Gasteiger partial charge in [-0.25, -0.2) is 0 Å². The minimum absolute atomic E-state index is 0. The molecule has 27 heavy (non-hydrogen) atoms. The molecule has 1 aromatic rings. The van der Waals surface area contributed by atoms with Gasteiger partial charge in [-0.15, -0.1) is 24.0 Å². The number of nitrogens with zero attached hydrogens (tertiary/aromatic N) is 2. The van der Waals surface area contributed by atoms with Gasteiger partial charge in [0, 0.05) is 26.7 Å². The van der Waals surface area contributed by atoms with E-state index < -0.39 is 12.7 Å². The number of alkyl halides is 3. The standard InChI is InChI=1S/C18H27F3N4O.HI/c1-22-17(23-9-5-11-26-16-6-3-2-4-7-16)24-12-15-8-10-25(13-15)14-18(19,20)21;/h2-4,6-7,15H,5,8-14H2,1H3,(H2,22,23,24);1H. The number of benzene rings is 1. The van der Waals surface area contributed by atoms with Crippen molar-refractivity contribution < 1.29 is 17.9 Å². The largest absolute Gasteiger partial charge is 0.494 e. The van der Waals surface area contributed by atoms with Gasteiger partial charge in [-0.1, -0.05) is 18.2 Å². The fraction of sp³-hybridized carbons (Fsp3) is 0.611. The third kappa shape index (κ3) is 10.0. The number of guanidine groups is 1. The van der Waals surface area contributed by atoms with Crippen LogP contribution in [0.25, 0.3) is 0 Å². The summed E-state index contributed by atoms with van der Waals surface area (Å²) in [7, 11) is 1.68. The van der Waals surface area contributed by atoms with E-state index in [1.807, 2.05) is 30.3 Å². The molecule has 1 aliphatic heterocycles. The first-order chi connectivity index (χ1) is 12.5. The van der Waals surface area contributed by atoms with Gasteiger partial charge < -0.3 is 15.4 Å². The number of para-hydroxylation sites is 1. The predicted octanol–water partition coefficient (Wildman–Crippen LogP) is 3.12. The van der Waals surface area contributed by atoms with Crippen molar-refractivity contribution in [2.45, 2.75) is 19.0 Å². The molecule has 0 aliphatic carbocycles. The summed E-state index contributed by atoms with van der Waals surface area (Å²) in [6.07, 6.45) is -2.54. The van der Waals surface area contributed by atoms with Crippen LogP contribution in [0.3, 0.4) is 0 Å². The quantitative estimate of drug-likeness (QED) is 0.249. The molecule has 5 nitrogen and oxygen atoms in total. The highest BCUT2D eigenvalue weighted by Crippen LogP contribution is 2.22. The molecular formula is C18H28F3IN4O. The Morgan fingerprint density at radius 1 is 1.26 bits per heavy atom. The van der Waals surface area contributed by atoms with E-state index in [1.165, 1.54) is 4.90 Å². The highest BCUT2D eigenvalue weighted by molar-refractivity contribution is 14.0. The maximum atomic E-state index is 12.4. The number of rotatable bonds is 8. The molecule has 1 unspecified atom stereocenters. The lowest BCUT2D eigenvalue weighted by Gasteiger charge is -2.18. The second-order valence-electron chi connectivity index (χ2n) is 6.40. The van der Waals surface area contributed by atoms with Crippen molar-refractivity contribution in [3.05, 3.63) is 30.3 Å². The van der Waals surface area contributed by atoms with Crippen LogP contribution in [0.5, 0.6) is 5.75 Å². The summed E-state index contributed by atoms with van der Waals surface area (Å²) in [4.78, 5) is 5.61. The molecule has 0 bridgehead atoms. The van der Waals surface area contributed by atoms with Crippen LogP contribution in [0, 0.1) is 5.92 Å². The molecule has 2 N–H and O–H groups in total. The SMILES string of the molecule is CN=C(NCCCOc1ccccc1)NCC1CCN(CC(F)(F)F)C1.I. The van der Waals surface area contributed by atoms with Crippen LogP contribution in [0.4, 0.5) is 13.2 Å². The van der Waals surface area contributed by atoms with Crippen molar-refractivity contribution in [2.75, 3.05) is 46.4 Å². The van der Waals surface area contributed by atoms with Gasteiger partial charge in [-0.2, -0.15) is 13.2 Å². The van der Waals surface area contributed by atoms with E-state index in [4.69, 9.17) is 4.74 Å². The average Bonchev–Trinajstić information content (AvgIpc) is 3.03. The Kier molecular flexibility index (Phi) is 10.8. The molecule has 9 heteroatoms. The summed E-state index contributed by atoms with van der Waals surface area (Å²) in [6, 6.07) is 9.63. The molecule has 0 amide bonds. The molecule has 1 aliphatic rings. The van der Waals surface area contributed by atoms with Crippen molar-refractivity contribution >= 4 is 29.9 Å². The van der Waals surface area contributed by atoms with Crippen molar-refractivity contribution in [3.8, 4) is 5.75 Å². The molecule has 1 heterocycles. The zero-order valence-electron chi connectivity index (χ0n) is 15.5. The zero-order chi connectivity index (χ0) is 18.8. The molecule has 0 saturated carbocycles. The van der Waals surface area contributed by atoms with Gasteiger partial charge in [-0.3, -0.25) is 9.89 Å². The van der Waals surface area contributed by atoms with Crippen LogP contribution in [-0.2, 0) is 0 Å². The van der Waals surface area contributed by atoms with Gasteiger partial charge in [-0.05, 0) is 37.4 Å². The highest BCUT2D eigenvalue weighted by atomic mass is 127. The second kappa shape index (κ2) is 12.3. The van der Waals surface area contributed by atoms with Crippen molar-refractivity contribution in [1.82, 2.24) is 15.5 Å². The van der Waals surface area contributed by atoms with E-state index in [-0.39, 0.29) is 29.9 Å². The van der Waals surface area contributed by atoms with E-state index in [0.29, 0.717) is 38.7 Å². The molecule has 0 aromatic heterocycles. The van der Waals surface area contributed by atoms with E-state index in [9.17, 15) is 13.2 Å². The Labute approximate surface area is 175 Å². The molecule has 1 saturated heterocycles. The third-order valence-electron chi connectivity index (χ3n) is 4.18. The molecule has 0 radical (unpaired) electrons. The molecule has 0 spiro atoms. The van der Waals surface area contributed by atoms with E-state index in [0.717, 1.165) is 18.6 Å². The van der Waals surface area contributed by atoms with Crippen LogP contribution >= 0.6 is 24.0 Å². The van der Waals surface area contributed by atoms with Gasteiger partial charge in [0.05, 0.1) is 13.2 Å². The highest BCUT2D eigenvalue weighted by Gasteiger charge is 2.34. The van der Waals surface area contributed by atoms with E-state index >= 15 is 0 Å². The van der Waals surface area contributed by atoms with Crippen molar-refractivity contribution in [1.29, 1.82) is 0 Å². The van der Waals surface area contributed by atoms with Gasteiger partial charge in [0.1, 0.15) is 5.75 Å². The fourth-order valence-corrected chi connectivity index (χ4v) is 2.92. The smallest absolute Gasteiger partial charge is 0.401 e. The lowest BCUT2D eigenvalue weighted by atomic mass is 10.1. The van der Waals surface area contributed by atoms with Gasteiger partial charge >= 0.3 is 6.18 Å². The molecular weight excluding hydrogens is 472 g/mol. The van der Waals surface area contributed by atoms with Crippen LogP contribution < -0.4 is 15.4 Å². The van der Waals surface area contributed by atoms with Crippen LogP contribution in [-0.4, -0.2) is 63.4 Å². The Morgan fingerprint density at radius 2 is 2.00 bits per heavy atom. The first-order valence-corrected chi connectivity index (χ1v) is 8.88. The molecule has 1 aromatic carbocycles. The monoisotopic (exact) mass is 500 g/mol. The van der Waals surface area contributed by atoms with Gasteiger partial charge in [0.15, 0.2) is 5.96 Å². The Morgan fingerprint density at radius 3 is 2.67 bits per heavy atom. The Hall–Kier alpha value is -1.23. The fourth-order valence-electron chi connectivity index (χ4n) is 2.92. The minimum atomic E-state index is -4.12. The number of ether oxygens (including phenoxy) is 1. The number of hydrogen-bond acceptors (Lipinski definition) is 3. The summed E-state index contributed by atoms with van der Waals surface area (Å²) in [5, 5.41) is 6.39. The summed E-state index contributed by atoms with van der Waals surface area (Å²) in [6.45, 7) is 2.07. The molecule has 1 atom stereocenters. The summed E-state index contributed by atoms with van der Waals surface area (Å²) in [5.74, 6) is 1.72. The van der Waals surface area contributed by atoms with Crippen LogP contribution in [0.2, 0.25) is 0 Å². The zero-order valence-corrected chi connectivity index (χ0v) is 17.8. The second-order valence-corrected chi connectivity index (χ2v) is 6.40. The third-order valence-corrected chi connectivity index (χ3v) is 4.18. The van der Waals surface area contributed by atoms with E-state index in [1.54, 1.807) is 7.05 Å². The molecule has 154 valence electrons. The van der Waals surface area contributed by atoms with Crippen LogP contribution in [0.15, 0.2) is 35.3 Å². The summed E-state index contributed by atoms with van der Waals surface area (Å²) < 4.78 is 42.9. The number of nitrogens with one attached hydrogen (secondary N) is 2. The maximum absolute atomic E-state index is 12.4. The summed E-state index contributed by atoms with van der Waals surface area (Å²) in [5.41, 5.74) is 0. The lowest BCUT2D eigenvalue weighted by molar-refractivity contribution is -0.143. The van der Waals surface area contributed by atoms with Crippen molar-refractivity contribution in [2.24, 2.45) is 10.9 Å². The topological polar surface area (TPSA) is 48.9 Å². The number of aliphatic imine (C=N–C) groups is 1. The molecule has 2 rings (SSSR count). The first kappa shape index (κ1) is 23.8. The lowest BCUT2D eigenvalue weighted by Crippen LogP contribution is -2.41. The van der Waals surface area contributed by atoms with Gasteiger partial charge in [0.2, 0.25) is 0 Å². The van der Waals surface area contributed by atoms with E-state index in [2.05, 4.69) is 15.6 Å². The predicted molar refractivity (Wildman–Crippen MR) is 112 cm³/mol. The van der Waals surface area contributed by atoms with Crippen LogP contribution in [0.1, 0.15) is 12.8 Å². The van der Waals surface area contributed by atoms with Crippen molar-refractivity contribution in [3.63, 3.8) is 0 Å². The normalized spacial score (nSPS) is 18.1. The Balaban J connectivity index is 0.00000364. The number of halogens is 4. The average molecular weight is 500 g/mol. The van der Waals surface area contributed by atoms with Gasteiger partial charge in [0.25, 0.3) is 0 Å². The maximum Gasteiger partial charge on any atom is 0.401 e. The minimum Gasteiger partial charge on any atom is -0.494 e. The Bertz CT molecular complexity index is 557.